The second kappa shape index (κ2) is 6.03. The van der Waals surface area contributed by atoms with Gasteiger partial charge in [-0.3, -0.25) is 4.90 Å². The summed E-state index contributed by atoms with van der Waals surface area (Å²) >= 11 is 0. The maximum Gasteiger partial charge on any atom is 0.122 e. The lowest BCUT2D eigenvalue weighted by molar-refractivity contribution is 0.190. The van der Waals surface area contributed by atoms with E-state index in [0.717, 1.165) is 44.8 Å². The summed E-state index contributed by atoms with van der Waals surface area (Å²) in [6.45, 7) is 5.92. The van der Waals surface area contributed by atoms with Crippen LogP contribution in [0.25, 0.3) is 0 Å². The molecule has 0 atom stereocenters. The number of benzene rings is 1. The van der Waals surface area contributed by atoms with Gasteiger partial charge in [-0.25, -0.2) is 0 Å². The first-order valence-corrected chi connectivity index (χ1v) is 6.41. The van der Waals surface area contributed by atoms with E-state index in [2.05, 4.69) is 30.0 Å². The van der Waals surface area contributed by atoms with Gasteiger partial charge in [-0.05, 0) is 30.2 Å². The molecule has 3 heteroatoms. The van der Waals surface area contributed by atoms with E-state index in [0.29, 0.717) is 0 Å². The Hall–Kier alpha value is -1.06. The van der Waals surface area contributed by atoms with Crippen molar-refractivity contribution in [2.24, 2.45) is 0 Å². The molecule has 0 saturated carbocycles. The van der Waals surface area contributed by atoms with Crippen molar-refractivity contribution >= 4 is 0 Å². The summed E-state index contributed by atoms with van der Waals surface area (Å²) in [5, 5.41) is 9.03. The first-order chi connectivity index (χ1) is 8.33. The molecule has 0 unspecified atom stereocenters. The van der Waals surface area contributed by atoms with Gasteiger partial charge >= 0.3 is 0 Å². The maximum absolute atomic E-state index is 9.03. The highest BCUT2D eigenvalue weighted by molar-refractivity contribution is 5.39. The Morgan fingerprint density at radius 3 is 3.00 bits per heavy atom. The van der Waals surface area contributed by atoms with Gasteiger partial charge < -0.3 is 9.84 Å². The normalized spacial score (nSPS) is 13.8. The smallest absolute Gasteiger partial charge is 0.122 e. The van der Waals surface area contributed by atoms with Gasteiger partial charge in [0, 0.05) is 19.5 Å². The standard InChI is InChI=1S/C14H21NO2/c1-2-6-15(7-8-16)11-12-3-4-14-13(10-12)5-9-17-14/h3-4,10,16H,2,5-9,11H2,1H3. The van der Waals surface area contributed by atoms with Gasteiger partial charge in [0.25, 0.3) is 0 Å². The highest BCUT2D eigenvalue weighted by atomic mass is 16.5. The van der Waals surface area contributed by atoms with Crippen molar-refractivity contribution in [3.05, 3.63) is 29.3 Å². The fourth-order valence-electron chi connectivity index (χ4n) is 2.32. The number of hydrogen-bond donors (Lipinski definition) is 1. The lowest BCUT2D eigenvalue weighted by atomic mass is 10.1. The number of aliphatic hydroxyl groups is 1. The Bertz CT molecular complexity index is 359. The fraction of sp³-hybridized carbons (Fsp3) is 0.571. The molecule has 0 bridgehead atoms. The molecular weight excluding hydrogens is 214 g/mol. The Labute approximate surface area is 103 Å². The molecule has 1 N–H and O–H groups in total. The molecule has 1 aromatic rings. The van der Waals surface area contributed by atoms with E-state index >= 15 is 0 Å². The molecule has 1 aliphatic rings. The van der Waals surface area contributed by atoms with Crippen LogP contribution in [0.4, 0.5) is 0 Å². The zero-order valence-electron chi connectivity index (χ0n) is 10.5. The van der Waals surface area contributed by atoms with E-state index in [9.17, 15) is 0 Å². The number of nitrogens with zero attached hydrogens (tertiary/aromatic N) is 1. The van der Waals surface area contributed by atoms with E-state index in [4.69, 9.17) is 9.84 Å². The summed E-state index contributed by atoms with van der Waals surface area (Å²) in [4.78, 5) is 2.29. The van der Waals surface area contributed by atoms with E-state index in [1.165, 1.54) is 11.1 Å². The van der Waals surface area contributed by atoms with Gasteiger partial charge in [0.1, 0.15) is 5.75 Å². The lowest BCUT2D eigenvalue weighted by Crippen LogP contribution is -2.27. The molecule has 1 aliphatic heterocycles. The Kier molecular flexibility index (Phi) is 4.40. The Morgan fingerprint density at radius 2 is 2.24 bits per heavy atom. The molecule has 0 saturated heterocycles. The summed E-state index contributed by atoms with van der Waals surface area (Å²) in [6.07, 6.45) is 2.14. The van der Waals surface area contributed by atoms with Crippen molar-refractivity contribution < 1.29 is 9.84 Å². The van der Waals surface area contributed by atoms with Crippen LogP contribution >= 0.6 is 0 Å². The second-order valence-electron chi connectivity index (χ2n) is 4.54. The molecule has 0 aliphatic carbocycles. The van der Waals surface area contributed by atoms with Crippen LogP contribution < -0.4 is 4.74 Å². The zero-order valence-corrected chi connectivity index (χ0v) is 10.5. The van der Waals surface area contributed by atoms with Crippen LogP contribution in [0.3, 0.4) is 0 Å². The highest BCUT2D eigenvalue weighted by Gasteiger charge is 2.13. The summed E-state index contributed by atoms with van der Waals surface area (Å²) in [5.41, 5.74) is 2.64. The number of rotatable bonds is 6. The fourth-order valence-corrected chi connectivity index (χ4v) is 2.32. The zero-order chi connectivity index (χ0) is 12.1. The van der Waals surface area contributed by atoms with Crippen LogP contribution in [0.5, 0.6) is 5.75 Å². The van der Waals surface area contributed by atoms with Crippen molar-refractivity contribution in [3.8, 4) is 5.75 Å². The van der Waals surface area contributed by atoms with Gasteiger partial charge in [0.05, 0.1) is 13.2 Å². The molecule has 0 radical (unpaired) electrons. The predicted octanol–water partition coefficient (Wildman–Crippen LogP) is 1.83. The number of hydrogen-bond acceptors (Lipinski definition) is 3. The molecule has 0 amide bonds. The van der Waals surface area contributed by atoms with Crippen LogP contribution in [0, 0.1) is 0 Å². The largest absolute Gasteiger partial charge is 0.493 e. The van der Waals surface area contributed by atoms with E-state index in [1.807, 2.05) is 0 Å². The highest BCUT2D eigenvalue weighted by Crippen LogP contribution is 2.26. The third-order valence-corrected chi connectivity index (χ3v) is 3.12. The van der Waals surface area contributed by atoms with E-state index in [-0.39, 0.29) is 6.61 Å². The third kappa shape index (κ3) is 3.20. The van der Waals surface area contributed by atoms with Crippen LogP contribution in [0.15, 0.2) is 18.2 Å². The summed E-state index contributed by atoms with van der Waals surface area (Å²) in [6, 6.07) is 6.44. The summed E-state index contributed by atoms with van der Waals surface area (Å²) in [7, 11) is 0. The first kappa shape index (κ1) is 12.4. The van der Waals surface area contributed by atoms with Crippen molar-refractivity contribution in [3.63, 3.8) is 0 Å². The average molecular weight is 235 g/mol. The summed E-state index contributed by atoms with van der Waals surface area (Å²) < 4.78 is 5.50. The second-order valence-corrected chi connectivity index (χ2v) is 4.54. The first-order valence-electron chi connectivity index (χ1n) is 6.41. The molecule has 17 heavy (non-hydrogen) atoms. The van der Waals surface area contributed by atoms with Gasteiger partial charge in [-0.2, -0.15) is 0 Å². The van der Waals surface area contributed by atoms with Gasteiger partial charge in [0.2, 0.25) is 0 Å². The molecule has 94 valence electrons. The van der Waals surface area contributed by atoms with Gasteiger partial charge in [0.15, 0.2) is 0 Å². The molecule has 2 rings (SSSR count). The minimum atomic E-state index is 0.230. The monoisotopic (exact) mass is 235 g/mol. The molecule has 0 fully saturated rings. The topological polar surface area (TPSA) is 32.7 Å². The lowest BCUT2D eigenvalue weighted by Gasteiger charge is -2.20. The summed E-state index contributed by atoms with van der Waals surface area (Å²) in [5.74, 6) is 1.04. The molecule has 1 heterocycles. The molecular formula is C14H21NO2. The average Bonchev–Trinajstić information content (AvgIpc) is 2.77. The molecule has 0 aromatic heterocycles. The number of ether oxygens (including phenoxy) is 1. The minimum Gasteiger partial charge on any atom is -0.493 e. The number of fused-ring (bicyclic) bond motifs is 1. The quantitative estimate of drug-likeness (QED) is 0.816. The van der Waals surface area contributed by atoms with Crippen LogP contribution in [-0.2, 0) is 13.0 Å². The SMILES string of the molecule is CCCN(CCO)Cc1ccc2c(c1)CCO2. The van der Waals surface area contributed by atoms with Crippen LogP contribution in [0.2, 0.25) is 0 Å². The third-order valence-electron chi connectivity index (χ3n) is 3.12. The molecule has 3 nitrogen and oxygen atoms in total. The van der Waals surface area contributed by atoms with Crippen molar-refractivity contribution in [2.75, 3.05) is 26.3 Å². The van der Waals surface area contributed by atoms with Crippen LogP contribution in [0.1, 0.15) is 24.5 Å². The van der Waals surface area contributed by atoms with Gasteiger partial charge in [-0.15, -0.1) is 0 Å². The van der Waals surface area contributed by atoms with Crippen molar-refractivity contribution in [1.29, 1.82) is 0 Å². The van der Waals surface area contributed by atoms with Crippen LogP contribution in [-0.4, -0.2) is 36.3 Å². The van der Waals surface area contributed by atoms with Gasteiger partial charge in [-0.1, -0.05) is 19.1 Å². The molecule has 1 aromatic carbocycles. The number of aliphatic hydroxyl groups excluding tert-OH is 1. The molecule has 0 spiro atoms. The van der Waals surface area contributed by atoms with Crippen molar-refractivity contribution in [1.82, 2.24) is 4.90 Å². The predicted molar refractivity (Wildman–Crippen MR) is 68.3 cm³/mol. The Balaban J connectivity index is 2.01. The van der Waals surface area contributed by atoms with E-state index < -0.39 is 0 Å². The Morgan fingerprint density at radius 1 is 1.35 bits per heavy atom. The minimum absolute atomic E-state index is 0.230. The van der Waals surface area contributed by atoms with Crippen molar-refractivity contribution in [2.45, 2.75) is 26.3 Å². The van der Waals surface area contributed by atoms with E-state index in [1.54, 1.807) is 0 Å². The maximum atomic E-state index is 9.03.